The van der Waals surface area contributed by atoms with Gasteiger partial charge in [0.15, 0.2) is 0 Å². The van der Waals surface area contributed by atoms with Crippen molar-refractivity contribution in [1.82, 2.24) is 0 Å². The molecule has 0 nitrogen and oxygen atoms in total. The third kappa shape index (κ3) is 3.74. The van der Waals surface area contributed by atoms with Gasteiger partial charge in [0.1, 0.15) is 0 Å². The van der Waals surface area contributed by atoms with E-state index in [4.69, 9.17) is 6.42 Å². The van der Waals surface area contributed by atoms with Crippen LogP contribution in [0, 0.1) is 18.3 Å². The van der Waals surface area contributed by atoms with Crippen molar-refractivity contribution < 1.29 is 0 Å². The van der Waals surface area contributed by atoms with E-state index in [2.05, 4.69) is 61.4 Å². The van der Waals surface area contributed by atoms with E-state index in [0.29, 0.717) is 0 Å². The minimum absolute atomic E-state index is 0.731. The Morgan fingerprint density at radius 1 is 0.870 bits per heavy atom. The predicted molar refractivity (Wildman–Crippen MR) is 99.3 cm³/mol. The number of rotatable bonds is 3. The van der Waals surface area contributed by atoms with Crippen LogP contribution in [0.3, 0.4) is 0 Å². The highest BCUT2D eigenvalue weighted by atomic mass is 14.3. The Balaban J connectivity index is 1.69. The fourth-order valence-electron chi connectivity index (χ4n) is 3.62. The summed E-state index contributed by atoms with van der Waals surface area (Å²) in [4.78, 5) is 0. The van der Waals surface area contributed by atoms with Gasteiger partial charge in [0.25, 0.3) is 0 Å². The van der Waals surface area contributed by atoms with Crippen LogP contribution in [0.2, 0.25) is 0 Å². The van der Waals surface area contributed by atoms with Crippen LogP contribution < -0.4 is 0 Å². The molecule has 0 heterocycles. The molecule has 1 aliphatic carbocycles. The highest BCUT2D eigenvalue weighted by molar-refractivity contribution is 5.64. The second-order valence-electron chi connectivity index (χ2n) is 6.48. The van der Waals surface area contributed by atoms with Gasteiger partial charge in [0.2, 0.25) is 0 Å². The molecule has 3 rings (SSSR count). The lowest BCUT2D eigenvalue weighted by Crippen LogP contribution is -2.11. The zero-order chi connectivity index (χ0) is 16.1. The molecule has 1 fully saturated rings. The second kappa shape index (κ2) is 7.34. The van der Waals surface area contributed by atoms with E-state index in [-0.39, 0.29) is 0 Å². The number of hydrogen-bond donors (Lipinski definition) is 0. The monoisotopic (exact) mass is 300 g/mol. The van der Waals surface area contributed by atoms with E-state index in [1.54, 1.807) is 0 Å². The van der Waals surface area contributed by atoms with Gasteiger partial charge in [0.05, 0.1) is 0 Å². The second-order valence-corrected chi connectivity index (χ2v) is 6.48. The summed E-state index contributed by atoms with van der Waals surface area (Å²) >= 11 is 0. The summed E-state index contributed by atoms with van der Waals surface area (Å²) in [5.74, 6) is 4.19. The van der Waals surface area contributed by atoms with Gasteiger partial charge >= 0.3 is 0 Å². The van der Waals surface area contributed by atoms with Gasteiger partial charge in [-0.2, -0.15) is 0 Å². The number of hydrogen-bond acceptors (Lipinski definition) is 0. The average Bonchev–Trinajstić information content (AvgIpc) is 2.63. The van der Waals surface area contributed by atoms with Crippen LogP contribution in [0.1, 0.15) is 49.7 Å². The summed E-state index contributed by atoms with van der Waals surface area (Å²) in [5, 5.41) is 0. The Morgan fingerprint density at radius 3 is 1.96 bits per heavy atom. The van der Waals surface area contributed by atoms with E-state index in [1.165, 1.54) is 42.4 Å². The molecule has 0 heteroatoms. The lowest BCUT2D eigenvalue weighted by Gasteiger charge is -2.27. The molecule has 0 amide bonds. The van der Waals surface area contributed by atoms with Gasteiger partial charge in [-0.3, -0.25) is 0 Å². The largest absolute Gasteiger partial charge is 0.115 e. The SMILES string of the molecule is C#Cc1ccc(-c2ccc([C@H]3CC[C@H](/C=C/C)CC3)cc2)cc1. The topological polar surface area (TPSA) is 0 Å². The standard InChI is InChI=1S/C23H24/c1-3-5-19-8-12-21(13-9-19)23-16-14-22(15-17-23)20-10-6-18(4-2)7-11-20/h2-3,5-7,10-11,14-17,19,21H,8-9,12-13H2,1H3/b5-3+/t19-,21-. The molecule has 0 atom stereocenters. The molecule has 1 aliphatic rings. The maximum Gasteiger partial charge on any atom is 0.0243 e. The molecule has 0 unspecified atom stereocenters. The summed E-state index contributed by atoms with van der Waals surface area (Å²) in [6.45, 7) is 2.13. The number of allylic oxidation sites excluding steroid dienone is 2. The van der Waals surface area contributed by atoms with Gasteiger partial charge in [-0.25, -0.2) is 0 Å². The van der Waals surface area contributed by atoms with Crippen molar-refractivity contribution in [2.24, 2.45) is 5.92 Å². The van der Waals surface area contributed by atoms with E-state index in [0.717, 1.165) is 17.4 Å². The number of benzene rings is 2. The van der Waals surface area contributed by atoms with Gasteiger partial charge in [-0.1, -0.05) is 54.5 Å². The van der Waals surface area contributed by atoms with Crippen molar-refractivity contribution in [3.8, 4) is 23.5 Å². The third-order valence-corrected chi connectivity index (χ3v) is 5.00. The van der Waals surface area contributed by atoms with Crippen molar-refractivity contribution >= 4 is 0 Å². The van der Waals surface area contributed by atoms with Gasteiger partial charge in [-0.05, 0) is 73.3 Å². The van der Waals surface area contributed by atoms with E-state index >= 15 is 0 Å². The van der Waals surface area contributed by atoms with E-state index < -0.39 is 0 Å². The maximum absolute atomic E-state index is 5.42. The van der Waals surface area contributed by atoms with E-state index in [1.807, 2.05) is 12.1 Å². The van der Waals surface area contributed by atoms with E-state index in [9.17, 15) is 0 Å². The van der Waals surface area contributed by atoms with Crippen molar-refractivity contribution in [2.45, 2.75) is 38.5 Å². The number of terminal acetylenes is 1. The minimum Gasteiger partial charge on any atom is -0.115 e. The normalized spacial score (nSPS) is 21.2. The molecular formula is C23H24. The molecular weight excluding hydrogens is 276 g/mol. The van der Waals surface area contributed by atoms with Crippen LogP contribution in [0.4, 0.5) is 0 Å². The highest BCUT2D eigenvalue weighted by Gasteiger charge is 2.20. The predicted octanol–water partition coefficient (Wildman–Crippen LogP) is 6.18. The fourth-order valence-corrected chi connectivity index (χ4v) is 3.62. The lowest BCUT2D eigenvalue weighted by molar-refractivity contribution is 0.376. The van der Waals surface area contributed by atoms with Crippen LogP contribution in [0.25, 0.3) is 11.1 Å². The molecule has 0 saturated heterocycles. The fraction of sp³-hybridized carbons (Fsp3) is 0.304. The molecule has 0 spiro atoms. The molecule has 0 N–H and O–H groups in total. The van der Waals surface area contributed by atoms with Crippen LogP contribution in [0.15, 0.2) is 60.7 Å². The van der Waals surface area contributed by atoms with Crippen molar-refractivity contribution in [2.75, 3.05) is 0 Å². The summed E-state index contributed by atoms with van der Waals surface area (Å²) in [5.41, 5.74) is 4.92. The summed E-state index contributed by atoms with van der Waals surface area (Å²) in [7, 11) is 0. The average molecular weight is 300 g/mol. The molecule has 2 aromatic carbocycles. The van der Waals surface area contributed by atoms with Crippen molar-refractivity contribution in [3.63, 3.8) is 0 Å². The summed E-state index contributed by atoms with van der Waals surface area (Å²) in [6, 6.07) is 17.3. The first-order valence-corrected chi connectivity index (χ1v) is 8.60. The first-order valence-electron chi connectivity index (χ1n) is 8.60. The quantitative estimate of drug-likeness (QED) is 0.468. The van der Waals surface area contributed by atoms with Crippen LogP contribution in [0.5, 0.6) is 0 Å². The molecule has 116 valence electrons. The van der Waals surface area contributed by atoms with Gasteiger partial charge < -0.3 is 0 Å². The Bertz CT molecular complexity index is 687. The Kier molecular flexibility index (Phi) is 4.99. The minimum atomic E-state index is 0.731. The van der Waals surface area contributed by atoms with Crippen LogP contribution in [-0.4, -0.2) is 0 Å². The van der Waals surface area contributed by atoms with Crippen LogP contribution >= 0.6 is 0 Å². The molecule has 0 aromatic heterocycles. The molecule has 2 aromatic rings. The zero-order valence-corrected chi connectivity index (χ0v) is 13.8. The summed E-state index contributed by atoms with van der Waals surface area (Å²) in [6.07, 6.45) is 15.3. The maximum atomic E-state index is 5.42. The summed E-state index contributed by atoms with van der Waals surface area (Å²) < 4.78 is 0. The molecule has 0 radical (unpaired) electrons. The third-order valence-electron chi connectivity index (χ3n) is 5.00. The molecule has 0 aliphatic heterocycles. The molecule has 1 saturated carbocycles. The Labute approximate surface area is 140 Å². The zero-order valence-electron chi connectivity index (χ0n) is 13.8. The van der Waals surface area contributed by atoms with Gasteiger partial charge in [-0.15, -0.1) is 6.42 Å². The first kappa shape index (κ1) is 15.6. The van der Waals surface area contributed by atoms with Crippen LogP contribution in [-0.2, 0) is 0 Å². The molecule has 23 heavy (non-hydrogen) atoms. The smallest absolute Gasteiger partial charge is 0.0243 e. The molecule has 0 bridgehead atoms. The Hall–Kier alpha value is -2.26. The van der Waals surface area contributed by atoms with Crippen molar-refractivity contribution in [3.05, 3.63) is 71.8 Å². The Morgan fingerprint density at radius 2 is 1.43 bits per heavy atom. The van der Waals surface area contributed by atoms with Crippen molar-refractivity contribution in [1.29, 1.82) is 0 Å². The lowest BCUT2D eigenvalue weighted by atomic mass is 9.78. The van der Waals surface area contributed by atoms with Gasteiger partial charge in [0, 0.05) is 5.56 Å². The first-order chi connectivity index (χ1) is 11.3. The highest BCUT2D eigenvalue weighted by Crippen LogP contribution is 2.36.